The summed E-state index contributed by atoms with van der Waals surface area (Å²) in [6.45, 7) is 4.86. The molecule has 1 amide bonds. The Hall–Kier alpha value is -2.38. The Labute approximate surface area is 166 Å². The lowest BCUT2D eigenvalue weighted by Gasteiger charge is -2.52. The van der Waals surface area contributed by atoms with Crippen LogP contribution in [0.5, 0.6) is 0 Å². The molecule has 2 fully saturated rings. The molecule has 0 aliphatic carbocycles. The van der Waals surface area contributed by atoms with Gasteiger partial charge < -0.3 is 14.7 Å². The lowest BCUT2D eigenvalue weighted by atomic mass is 9.75. The lowest BCUT2D eigenvalue weighted by Crippen LogP contribution is -2.66. The molecule has 0 aromatic heterocycles. The first kappa shape index (κ1) is 20.4. The average Bonchev–Trinajstić information content (AvgIpc) is 2.70. The largest absolute Gasteiger partial charge is 0.394 e. The van der Waals surface area contributed by atoms with Gasteiger partial charge in [-0.3, -0.25) is 9.69 Å². The number of morpholine rings is 1. The molecule has 28 heavy (non-hydrogen) atoms. The zero-order chi connectivity index (χ0) is 19.9. The van der Waals surface area contributed by atoms with E-state index in [-0.39, 0.29) is 31.0 Å². The summed E-state index contributed by atoms with van der Waals surface area (Å²) in [6.07, 6.45) is 1.90. The number of likely N-dealkylation sites (tertiary alicyclic amines) is 1. The molecule has 6 heteroatoms. The molecule has 1 aromatic carbocycles. The first-order valence-corrected chi connectivity index (χ1v) is 9.90. The van der Waals surface area contributed by atoms with E-state index >= 15 is 0 Å². The van der Waals surface area contributed by atoms with Gasteiger partial charge in [0.1, 0.15) is 6.04 Å². The number of carbonyl (C=O) groups is 1. The maximum Gasteiger partial charge on any atom is 0.238 e. The fourth-order valence-corrected chi connectivity index (χ4v) is 3.86. The number of nitrogens with zero attached hydrogens (tertiary/aromatic N) is 3. The number of rotatable bonds is 5. The Balaban J connectivity index is 1.69. The topological polar surface area (TPSA) is 76.8 Å². The third kappa shape index (κ3) is 4.36. The number of hydrogen-bond donors (Lipinski definition) is 1. The summed E-state index contributed by atoms with van der Waals surface area (Å²) < 4.78 is 5.31. The highest BCUT2D eigenvalue weighted by Crippen LogP contribution is 2.40. The van der Waals surface area contributed by atoms with Crippen molar-refractivity contribution in [3.63, 3.8) is 0 Å². The van der Waals surface area contributed by atoms with Gasteiger partial charge in [0.2, 0.25) is 5.91 Å². The van der Waals surface area contributed by atoms with Crippen LogP contribution in [0.3, 0.4) is 0 Å². The summed E-state index contributed by atoms with van der Waals surface area (Å²) in [5, 5.41) is 19.6. The second-order valence-corrected chi connectivity index (χ2v) is 7.21. The van der Waals surface area contributed by atoms with Gasteiger partial charge in [-0.2, -0.15) is 5.26 Å². The molecule has 2 saturated heterocycles. The molecule has 3 atom stereocenters. The number of aliphatic hydroxyl groups is 1. The van der Waals surface area contributed by atoms with Crippen LogP contribution in [-0.2, 0) is 9.53 Å². The molecule has 2 aliphatic heterocycles. The number of aliphatic hydroxyl groups excluding tert-OH is 1. The van der Waals surface area contributed by atoms with Crippen LogP contribution in [0.15, 0.2) is 24.3 Å². The van der Waals surface area contributed by atoms with E-state index in [4.69, 9.17) is 4.74 Å². The molecule has 0 saturated carbocycles. The number of nitriles is 1. The predicted octanol–water partition coefficient (Wildman–Crippen LogP) is 1.35. The number of amides is 1. The third-order valence-corrected chi connectivity index (χ3v) is 5.38. The molecule has 0 radical (unpaired) electrons. The van der Waals surface area contributed by atoms with Crippen LogP contribution in [-0.4, -0.2) is 72.4 Å². The van der Waals surface area contributed by atoms with Gasteiger partial charge in [-0.05, 0) is 24.1 Å². The molecule has 0 bridgehead atoms. The van der Waals surface area contributed by atoms with Crippen molar-refractivity contribution < 1.29 is 14.6 Å². The average molecular weight is 381 g/mol. The minimum absolute atomic E-state index is 0.106. The number of hydrogen-bond acceptors (Lipinski definition) is 5. The van der Waals surface area contributed by atoms with Gasteiger partial charge in [-0.25, -0.2) is 0 Å². The molecule has 0 unspecified atom stereocenters. The predicted molar refractivity (Wildman–Crippen MR) is 105 cm³/mol. The molecular weight excluding hydrogens is 354 g/mol. The van der Waals surface area contributed by atoms with Crippen LogP contribution in [0.2, 0.25) is 0 Å². The van der Waals surface area contributed by atoms with E-state index < -0.39 is 6.04 Å². The SMILES string of the molecule is CCCC#Cc1ccc([C@@H]2[C@@H](CO)N(C(=O)CN3CCOCC3)[C@H]2C#N)cc1. The van der Waals surface area contributed by atoms with E-state index in [0.29, 0.717) is 26.3 Å². The zero-order valence-corrected chi connectivity index (χ0v) is 16.3. The second-order valence-electron chi connectivity index (χ2n) is 7.21. The highest BCUT2D eigenvalue weighted by atomic mass is 16.5. The summed E-state index contributed by atoms with van der Waals surface area (Å²) in [5.74, 6) is 5.96. The Morgan fingerprint density at radius 1 is 1.29 bits per heavy atom. The maximum absolute atomic E-state index is 12.8. The minimum atomic E-state index is -0.553. The molecule has 2 heterocycles. The fourth-order valence-electron chi connectivity index (χ4n) is 3.86. The summed E-state index contributed by atoms with van der Waals surface area (Å²) in [4.78, 5) is 16.4. The van der Waals surface area contributed by atoms with Gasteiger partial charge in [0.25, 0.3) is 0 Å². The van der Waals surface area contributed by atoms with Gasteiger partial charge in [-0.1, -0.05) is 30.9 Å². The van der Waals surface area contributed by atoms with Crippen molar-refractivity contribution in [1.29, 1.82) is 5.26 Å². The van der Waals surface area contributed by atoms with Crippen molar-refractivity contribution in [3.05, 3.63) is 35.4 Å². The van der Waals surface area contributed by atoms with Crippen LogP contribution in [0.1, 0.15) is 36.8 Å². The highest BCUT2D eigenvalue weighted by molar-refractivity contribution is 5.81. The van der Waals surface area contributed by atoms with Crippen molar-refractivity contribution in [2.45, 2.75) is 37.8 Å². The molecule has 148 valence electrons. The van der Waals surface area contributed by atoms with Crippen molar-refractivity contribution in [2.24, 2.45) is 0 Å². The van der Waals surface area contributed by atoms with E-state index in [1.54, 1.807) is 4.90 Å². The standard InChI is InChI=1S/C22H27N3O3/c1-2-3-4-5-17-6-8-18(9-7-17)22-19(14-23)25(20(22)16-26)21(27)15-24-10-12-28-13-11-24/h6-9,19-20,22,26H,2-3,10-13,15-16H2,1H3/t19-,20+,22-/m0/s1. The van der Waals surface area contributed by atoms with Gasteiger partial charge in [-0.15, -0.1) is 0 Å². The number of ether oxygens (including phenoxy) is 1. The first-order chi connectivity index (χ1) is 13.7. The Kier molecular flexibility index (Phi) is 7.06. The smallest absolute Gasteiger partial charge is 0.238 e. The van der Waals surface area contributed by atoms with E-state index in [0.717, 1.165) is 24.0 Å². The van der Waals surface area contributed by atoms with Gasteiger partial charge >= 0.3 is 0 Å². The number of benzene rings is 1. The maximum atomic E-state index is 12.8. The van der Waals surface area contributed by atoms with Crippen molar-refractivity contribution in [3.8, 4) is 17.9 Å². The normalized spacial score (nSPS) is 24.6. The molecule has 1 N–H and O–H groups in total. The molecule has 0 spiro atoms. The molecule has 6 nitrogen and oxygen atoms in total. The molecule has 2 aliphatic rings. The summed E-state index contributed by atoms with van der Waals surface area (Å²) in [7, 11) is 0. The van der Waals surface area contributed by atoms with Crippen LogP contribution in [0.4, 0.5) is 0 Å². The van der Waals surface area contributed by atoms with Crippen LogP contribution < -0.4 is 0 Å². The van der Waals surface area contributed by atoms with Crippen LogP contribution >= 0.6 is 0 Å². The molecule has 3 rings (SSSR count). The summed E-state index contributed by atoms with van der Waals surface area (Å²) in [5.41, 5.74) is 1.90. The molecule has 1 aromatic rings. The summed E-state index contributed by atoms with van der Waals surface area (Å²) >= 11 is 0. The number of unbranched alkanes of at least 4 members (excludes halogenated alkanes) is 1. The van der Waals surface area contributed by atoms with E-state index in [9.17, 15) is 15.2 Å². The Bertz CT molecular complexity index is 769. The van der Waals surface area contributed by atoms with Crippen molar-refractivity contribution in [2.75, 3.05) is 39.5 Å². The number of carbonyl (C=O) groups excluding carboxylic acids is 1. The van der Waals surface area contributed by atoms with Crippen LogP contribution in [0.25, 0.3) is 0 Å². The summed E-state index contributed by atoms with van der Waals surface area (Å²) in [6, 6.07) is 9.14. The monoisotopic (exact) mass is 381 g/mol. The Morgan fingerprint density at radius 2 is 2.00 bits per heavy atom. The third-order valence-electron chi connectivity index (χ3n) is 5.38. The van der Waals surface area contributed by atoms with E-state index in [2.05, 4.69) is 24.8 Å². The van der Waals surface area contributed by atoms with Gasteiger partial charge in [0.05, 0.1) is 38.5 Å². The quantitative estimate of drug-likeness (QED) is 0.779. The Morgan fingerprint density at radius 3 is 2.61 bits per heavy atom. The highest BCUT2D eigenvalue weighted by Gasteiger charge is 2.51. The fraction of sp³-hybridized carbons (Fsp3) is 0.545. The first-order valence-electron chi connectivity index (χ1n) is 9.90. The van der Waals surface area contributed by atoms with E-state index in [1.165, 1.54) is 0 Å². The lowest BCUT2D eigenvalue weighted by molar-refractivity contribution is -0.149. The van der Waals surface area contributed by atoms with E-state index in [1.807, 2.05) is 29.2 Å². The van der Waals surface area contributed by atoms with Crippen molar-refractivity contribution in [1.82, 2.24) is 9.80 Å². The molecular formula is C22H27N3O3. The van der Waals surface area contributed by atoms with Crippen LogP contribution in [0, 0.1) is 23.2 Å². The minimum Gasteiger partial charge on any atom is -0.394 e. The second kappa shape index (κ2) is 9.71. The van der Waals surface area contributed by atoms with Gasteiger partial charge in [0, 0.05) is 31.0 Å². The zero-order valence-electron chi connectivity index (χ0n) is 16.3. The van der Waals surface area contributed by atoms with Gasteiger partial charge in [0.15, 0.2) is 0 Å². The van der Waals surface area contributed by atoms with Crippen molar-refractivity contribution >= 4 is 5.91 Å².